The van der Waals surface area contributed by atoms with Crippen LogP contribution in [0.15, 0.2) is 48.5 Å². The van der Waals surface area contributed by atoms with Gasteiger partial charge >= 0.3 is 6.09 Å². The van der Waals surface area contributed by atoms with E-state index in [1.165, 1.54) is 17.0 Å². The van der Waals surface area contributed by atoms with Crippen LogP contribution < -0.4 is 4.90 Å². The van der Waals surface area contributed by atoms with Gasteiger partial charge in [0.05, 0.1) is 18.2 Å². The molecule has 2 N–H and O–H groups in total. The molecular formula is C17H14N2O4. The van der Waals surface area contributed by atoms with Crippen LogP contribution >= 0.6 is 0 Å². The third-order valence-electron chi connectivity index (χ3n) is 3.77. The maximum Gasteiger partial charge on any atom is 0.415 e. The van der Waals surface area contributed by atoms with Crippen molar-refractivity contribution in [3.63, 3.8) is 0 Å². The van der Waals surface area contributed by atoms with E-state index in [1.54, 1.807) is 36.4 Å². The Kier molecular flexibility index (Phi) is 3.87. The van der Waals surface area contributed by atoms with E-state index in [2.05, 4.69) is 0 Å². The van der Waals surface area contributed by atoms with Crippen molar-refractivity contribution in [3.05, 3.63) is 59.7 Å². The van der Waals surface area contributed by atoms with Crippen molar-refractivity contribution in [1.82, 2.24) is 0 Å². The van der Waals surface area contributed by atoms with Gasteiger partial charge in [-0.25, -0.2) is 4.79 Å². The number of aliphatic hydroxyl groups is 1. The minimum Gasteiger partial charge on any atom is -0.508 e. The number of nitriles is 1. The molecule has 23 heavy (non-hydrogen) atoms. The lowest BCUT2D eigenvalue weighted by molar-refractivity contribution is 0.0829. The second-order valence-electron chi connectivity index (χ2n) is 5.17. The molecule has 0 aromatic heterocycles. The minimum atomic E-state index is -0.706. The van der Waals surface area contributed by atoms with E-state index in [4.69, 9.17) is 10.00 Å². The molecule has 0 aliphatic carbocycles. The van der Waals surface area contributed by atoms with Crippen LogP contribution in [-0.2, 0) is 4.74 Å². The van der Waals surface area contributed by atoms with E-state index in [0.717, 1.165) is 5.56 Å². The molecule has 1 amide bonds. The highest BCUT2D eigenvalue weighted by atomic mass is 16.6. The normalized spacial score (nSPS) is 20.2. The van der Waals surface area contributed by atoms with E-state index in [9.17, 15) is 15.0 Å². The molecule has 0 bridgehead atoms. The number of phenolic OH excluding ortho intramolecular Hbond substituents is 1. The Labute approximate surface area is 132 Å². The summed E-state index contributed by atoms with van der Waals surface area (Å²) >= 11 is 0. The number of carbonyl (C=O) groups is 1. The lowest BCUT2D eigenvalue weighted by atomic mass is 10.0. The van der Waals surface area contributed by atoms with Crippen molar-refractivity contribution < 1.29 is 19.7 Å². The summed E-state index contributed by atoms with van der Waals surface area (Å²) in [6.07, 6.45) is -1.27. The fraction of sp³-hybridized carbons (Fsp3) is 0.176. The number of cyclic esters (lactones) is 1. The number of benzene rings is 2. The summed E-state index contributed by atoms with van der Waals surface area (Å²) in [6.45, 7) is -0.315. The summed E-state index contributed by atoms with van der Waals surface area (Å²) in [5.41, 5.74) is 1.79. The Morgan fingerprint density at radius 1 is 1.13 bits per heavy atom. The number of hydrogen-bond donors (Lipinski definition) is 2. The largest absolute Gasteiger partial charge is 0.508 e. The van der Waals surface area contributed by atoms with Crippen molar-refractivity contribution in [2.24, 2.45) is 0 Å². The Morgan fingerprint density at radius 3 is 2.35 bits per heavy atom. The van der Waals surface area contributed by atoms with Crippen LogP contribution in [0.25, 0.3) is 0 Å². The number of phenols is 1. The monoisotopic (exact) mass is 310 g/mol. The van der Waals surface area contributed by atoms with Gasteiger partial charge in [-0.15, -0.1) is 0 Å². The number of ether oxygens (including phenoxy) is 1. The molecule has 2 atom stereocenters. The first-order chi connectivity index (χ1) is 11.1. The summed E-state index contributed by atoms with van der Waals surface area (Å²) in [4.78, 5) is 13.7. The van der Waals surface area contributed by atoms with E-state index in [1.807, 2.05) is 6.07 Å². The molecule has 0 saturated carbocycles. The molecule has 3 rings (SSSR count). The standard InChI is InChI=1S/C17H14N2O4/c18-9-11-1-5-13(6-2-11)19-16(15(10-20)23-17(19)22)12-3-7-14(21)8-4-12/h1-8,15-16,20-21H,10H2/t15-,16-/m1/s1. The molecule has 0 unspecified atom stereocenters. The highest BCUT2D eigenvalue weighted by Gasteiger charge is 2.43. The zero-order valence-corrected chi connectivity index (χ0v) is 12.1. The molecule has 0 spiro atoms. The number of amides is 1. The maximum atomic E-state index is 12.2. The minimum absolute atomic E-state index is 0.115. The zero-order chi connectivity index (χ0) is 16.4. The Morgan fingerprint density at radius 2 is 1.78 bits per heavy atom. The zero-order valence-electron chi connectivity index (χ0n) is 12.1. The van der Waals surface area contributed by atoms with Gasteiger partial charge in [-0.3, -0.25) is 4.90 Å². The van der Waals surface area contributed by atoms with Gasteiger partial charge in [-0.05, 0) is 42.0 Å². The molecule has 6 heteroatoms. The first-order valence-electron chi connectivity index (χ1n) is 7.04. The number of anilines is 1. The van der Waals surface area contributed by atoms with Crippen LogP contribution in [0.4, 0.5) is 10.5 Å². The molecule has 2 aromatic carbocycles. The van der Waals surface area contributed by atoms with Crippen molar-refractivity contribution in [3.8, 4) is 11.8 Å². The molecule has 1 saturated heterocycles. The van der Waals surface area contributed by atoms with E-state index < -0.39 is 18.2 Å². The molecular weight excluding hydrogens is 296 g/mol. The van der Waals surface area contributed by atoms with Gasteiger partial charge in [0.15, 0.2) is 6.10 Å². The third kappa shape index (κ3) is 2.70. The molecule has 1 fully saturated rings. The number of carbonyl (C=O) groups excluding carboxylic acids is 1. The number of nitrogens with zero attached hydrogens (tertiary/aromatic N) is 2. The van der Waals surface area contributed by atoms with Crippen molar-refractivity contribution in [1.29, 1.82) is 5.26 Å². The van der Waals surface area contributed by atoms with Gasteiger partial charge in [-0.1, -0.05) is 12.1 Å². The van der Waals surface area contributed by atoms with Gasteiger partial charge < -0.3 is 14.9 Å². The smallest absolute Gasteiger partial charge is 0.415 e. The molecule has 1 aliphatic heterocycles. The number of aromatic hydroxyl groups is 1. The van der Waals surface area contributed by atoms with Gasteiger partial charge in [-0.2, -0.15) is 5.26 Å². The van der Waals surface area contributed by atoms with E-state index in [0.29, 0.717) is 11.3 Å². The molecule has 6 nitrogen and oxygen atoms in total. The number of aliphatic hydroxyl groups excluding tert-OH is 1. The van der Waals surface area contributed by atoms with Crippen molar-refractivity contribution in [2.75, 3.05) is 11.5 Å². The van der Waals surface area contributed by atoms with E-state index >= 15 is 0 Å². The average molecular weight is 310 g/mol. The Hall–Kier alpha value is -3.04. The SMILES string of the molecule is N#Cc1ccc(N2C(=O)O[C@H](CO)[C@H]2c2ccc(O)cc2)cc1. The third-order valence-corrected chi connectivity index (χ3v) is 3.77. The first-order valence-corrected chi connectivity index (χ1v) is 7.04. The predicted octanol–water partition coefficient (Wildman–Crippen LogP) is 2.32. The van der Waals surface area contributed by atoms with Crippen LogP contribution in [-0.4, -0.2) is 29.0 Å². The lowest BCUT2D eigenvalue weighted by Crippen LogP contribution is -2.30. The predicted molar refractivity (Wildman–Crippen MR) is 81.8 cm³/mol. The summed E-state index contributed by atoms with van der Waals surface area (Å²) in [5.74, 6) is 0.115. The fourth-order valence-electron chi connectivity index (χ4n) is 2.67. The van der Waals surface area contributed by atoms with Crippen LogP contribution in [0.5, 0.6) is 5.75 Å². The average Bonchev–Trinajstić information content (AvgIpc) is 2.92. The topological polar surface area (TPSA) is 93.8 Å². The molecule has 2 aromatic rings. The lowest BCUT2D eigenvalue weighted by Gasteiger charge is -2.24. The van der Waals surface area contributed by atoms with Gasteiger partial charge in [0.1, 0.15) is 11.8 Å². The molecule has 1 heterocycles. The van der Waals surface area contributed by atoms with Crippen LogP contribution in [0, 0.1) is 11.3 Å². The van der Waals surface area contributed by atoms with Crippen LogP contribution in [0.1, 0.15) is 17.2 Å². The summed E-state index contributed by atoms with van der Waals surface area (Å²) in [7, 11) is 0. The summed E-state index contributed by atoms with van der Waals surface area (Å²) in [5, 5.41) is 27.8. The van der Waals surface area contributed by atoms with Gasteiger partial charge in [0, 0.05) is 5.69 Å². The number of hydrogen-bond acceptors (Lipinski definition) is 5. The number of rotatable bonds is 3. The Bertz CT molecular complexity index is 750. The Balaban J connectivity index is 2.02. The molecule has 0 radical (unpaired) electrons. The van der Waals surface area contributed by atoms with E-state index in [-0.39, 0.29) is 12.4 Å². The van der Waals surface area contributed by atoms with Crippen molar-refractivity contribution in [2.45, 2.75) is 12.1 Å². The van der Waals surface area contributed by atoms with Crippen LogP contribution in [0.3, 0.4) is 0 Å². The quantitative estimate of drug-likeness (QED) is 0.907. The second kappa shape index (κ2) is 5.99. The molecule has 1 aliphatic rings. The highest BCUT2D eigenvalue weighted by Crippen LogP contribution is 2.37. The van der Waals surface area contributed by atoms with Crippen LogP contribution in [0.2, 0.25) is 0 Å². The first kappa shape index (κ1) is 14.9. The fourth-order valence-corrected chi connectivity index (χ4v) is 2.67. The van der Waals surface area contributed by atoms with Gasteiger partial charge in [0.25, 0.3) is 0 Å². The molecule has 116 valence electrons. The van der Waals surface area contributed by atoms with Gasteiger partial charge in [0.2, 0.25) is 0 Å². The maximum absolute atomic E-state index is 12.2. The van der Waals surface area contributed by atoms with Crippen molar-refractivity contribution >= 4 is 11.8 Å². The summed E-state index contributed by atoms with van der Waals surface area (Å²) in [6, 6.07) is 14.5. The highest BCUT2D eigenvalue weighted by molar-refractivity contribution is 5.91. The summed E-state index contributed by atoms with van der Waals surface area (Å²) < 4.78 is 5.24. The second-order valence-corrected chi connectivity index (χ2v) is 5.17.